The van der Waals surface area contributed by atoms with Crippen molar-refractivity contribution in [1.82, 2.24) is 0 Å². The van der Waals surface area contributed by atoms with Gasteiger partial charge in [-0.05, 0) is 50.4 Å². The third kappa shape index (κ3) is 4.52. The van der Waals surface area contributed by atoms with Gasteiger partial charge in [-0.25, -0.2) is 0 Å². The van der Waals surface area contributed by atoms with E-state index in [0.29, 0.717) is 13.0 Å². The molecule has 2 N–H and O–H groups in total. The van der Waals surface area contributed by atoms with Gasteiger partial charge in [0.05, 0.1) is 23.5 Å². The van der Waals surface area contributed by atoms with Crippen molar-refractivity contribution in [1.29, 1.82) is 5.26 Å². The fourth-order valence-electron chi connectivity index (χ4n) is 5.48. The molecular formula is C24H42N2O6. The second-order valence-electron chi connectivity index (χ2n) is 9.96. The number of carbonyl (C=O) groups excluding carboxylic acids is 2. The van der Waals surface area contributed by atoms with E-state index in [1.807, 2.05) is 47.6 Å². The Balaban J connectivity index is 3.29. The Morgan fingerprint density at radius 3 is 2.16 bits per heavy atom. The molecule has 0 bridgehead atoms. The van der Waals surface area contributed by atoms with Crippen LogP contribution >= 0.6 is 0 Å². The minimum absolute atomic E-state index is 0.0233. The van der Waals surface area contributed by atoms with Gasteiger partial charge in [-0.15, -0.1) is 0 Å². The zero-order valence-electron chi connectivity index (χ0n) is 21.1. The van der Waals surface area contributed by atoms with Crippen molar-refractivity contribution >= 4 is 11.9 Å². The van der Waals surface area contributed by atoms with E-state index in [-0.39, 0.29) is 38.5 Å². The molecule has 8 heteroatoms. The summed E-state index contributed by atoms with van der Waals surface area (Å²) in [6.45, 7) is 16.0. The normalized spacial score (nSPS) is 25.9. The van der Waals surface area contributed by atoms with Gasteiger partial charge >= 0.3 is 11.9 Å². The molecule has 184 valence electrons. The summed E-state index contributed by atoms with van der Waals surface area (Å²) in [6, 6.07) is 1.36. The van der Waals surface area contributed by atoms with Crippen molar-refractivity contribution in [2.45, 2.75) is 74.3 Å². The molecule has 0 radical (unpaired) electrons. The molecule has 0 spiro atoms. The van der Waals surface area contributed by atoms with Crippen LogP contribution in [0.2, 0.25) is 0 Å². The maximum Gasteiger partial charge on any atom is 0.316 e. The number of nitrogens with two attached hydrogens (primary N) is 1. The number of ether oxygens (including phenoxy) is 4. The SMILES string of the molecule is CCOCOC(=O)C(C)(C(C)N)C(C)(C)C1(C)CCC1(C(=O)OCCOCC#N)C(C)C. The first kappa shape index (κ1) is 28.3. The lowest BCUT2D eigenvalue weighted by Crippen LogP contribution is -2.70. The van der Waals surface area contributed by atoms with Crippen LogP contribution in [-0.2, 0) is 28.5 Å². The average Bonchev–Trinajstić information content (AvgIpc) is 2.71. The second kappa shape index (κ2) is 11.0. The third-order valence-electron chi connectivity index (χ3n) is 8.47. The molecule has 0 aromatic carbocycles. The standard InChI is InChI=1S/C24H42N2O6/c1-9-29-16-32-19(27)23(8,18(4)26)21(5,6)22(7)10-11-24(22,17(2)3)20(28)31-15-14-30-13-12-25/h17-18H,9-11,13-16,26H2,1-8H3. The maximum absolute atomic E-state index is 13.5. The van der Waals surface area contributed by atoms with E-state index < -0.39 is 33.7 Å². The quantitative estimate of drug-likeness (QED) is 0.255. The highest BCUT2D eigenvalue weighted by molar-refractivity contribution is 5.82. The van der Waals surface area contributed by atoms with Crippen LogP contribution in [0.1, 0.15) is 68.2 Å². The highest BCUT2D eigenvalue weighted by atomic mass is 16.7. The lowest BCUT2D eigenvalue weighted by molar-refractivity contribution is -0.240. The summed E-state index contributed by atoms with van der Waals surface area (Å²) in [4.78, 5) is 26.7. The molecular weight excluding hydrogens is 412 g/mol. The second-order valence-corrected chi connectivity index (χ2v) is 9.96. The Kier molecular flexibility index (Phi) is 9.70. The minimum atomic E-state index is -1.07. The molecule has 1 fully saturated rings. The Morgan fingerprint density at radius 1 is 1.09 bits per heavy atom. The summed E-state index contributed by atoms with van der Waals surface area (Å²) in [6.07, 6.45) is 1.41. The number of carbonyl (C=O) groups is 2. The summed E-state index contributed by atoms with van der Waals surface area (Å²) in [5.74, 6) is -0.760. The molecule has 0 aromatic rings. The molecule has 0 aliphatic heterocycles. The van der Waals surface area contributed by atoms with E-state index in [4.69, 9.17) is 29.9 Å². The Morgan fingerprint density at radius 2 is 1.72 bits per heavy atom. The van der Waals surface area contributed by atoms with Crippen LogP contribution in [0.15, 0.2) is 0 Å². The average molecular weight is 455 g/mol. The summed E-state index contributed by atoms with van der Waals surface area (Å²) in [5.41, 5.74) is 3.25. The highest BCUT2D eigenvalue weighted by Gasteiger charge is 2.73. The number of esters is 2. The molecule has 1 saturated carbocycles. The number of hydrogen-bond acceptors (Lipinski definition) is 8. The monoisotopic (exact) mass is 454 g/mol. The summed E-state index contributed by atoms with van der Waals surface area (Å²) >= 11 is 0. The third-order valence-corrected chi connectivity index (χ3v) is 8.47. The van der Waals surface area contributed by atoms with Crippen molar-refractivity contribution in [3.63, 3.8) is 0 Å². The van der Waals surface area contributed by atoms with Crippen molar-refractivity contribution in [3.8, 4) is 6.07 Å². The molecule has 4 unspecified atom stereocenters. The first-order valence-electron chi connectivity index (χ1n) is 11.4. The van der Waals surface area contributed by atoms with Crippen LogP contribution in [0.3, 0.4) is 0 Å². The van der Waals surface area contributed by atoms with Gasteiger partial charge < -0.3 is 24.7 Å². The lowest BCUT2D eigenvalue weighted by Gasteiger charge is -2.68. The largest absolute Gasteiger partial charge is 0.463 e. The van der Waals surface area contributed by atoms with E-state index in [0.717, 1.165) is 6.42 Å². The zero-order chi connectivity index (χ0) is 24.8. The molecule has 8 nitrogen and oxygen atoms in total. The fourth-order valence-corrected chi connectivity index (χ4v) is 5.48. The first-order valence-corrected chi connectivity index (χ1v) is 11.4. The summed E-state index contributed by atoms with van der Waals surface area (Å²) in [7, 11) is 0. The molecule has 1 rings (SSSR count). The Bertz CT molecular complexity index is 701. The zero-order valence-corrected chi connectivity index (χ0v) is 21.1. The minimum Gasteiger partial charge on any atom is -0.463 e. The van der Waals surface area contributed by atoms with Crippen LogP contribution in [-0.4, -0.2) is 51.2 Å². The molecule has 0 aromatic heterocycles. The maximum atomic E-state index is 13.5. The molecule has 1 aliphatic carbocycles. The van der Waals surface area contributed by atoms with Crippen LogP contribution < -0.4 is 5.73 Å². The molecule has 0 saturated heterocycles. The van der Waals surface area contributed by atoms with Crippen molar-refractivity contribution in [2.75, 3.05) is 33.2 Å². The Hall–Kier alpha value is -1.69. The predicted molar refractivity (Wildman–Crippen MR) is 120 cm³/mol. The van der Waals surface area contributed by atoms with E-state index in [1.54, 1.807) is 6.92 Å². The summed E-state index contributed by atoms with van der Waals surface area (Å²) in [5, 5.41) is 8.58. The Labute approximate surface area is 193 Å². The van der Waals surface area contributed by atoms with Crippen molar-refractivity contribution in [3.05, 3.63) is 0 Å². The smallest absolute Gasteiger partial charge is 0.316 e. The lowest BCUT2D eigenvalue weighted by atomic mass is 9.34. The number of rotatable bonds is 13. The highest BCUT2D eigenvalue weighted by Crippen LogP contribution is 2.72. The van der Waals surface area contributed by atoms with Crippen LogP contribution in [0.25, 0.3) is 0 Å². The van der Waals surface area contributed by atoms with Gasteiger partial charge in [0.2, 0.25) is 0 Å². The van der Waals surface area contributed by atoms with Crippen molar-refractivity contribution in [2.24, 2.45) is 33.3 Å². The van der Waals surface area contributed by atoms with Crippen molar-refractivity contribution < 1.29 is 28.5 Å². The molecule has 4 atom stereocenters. The molecule has 1 aliphatic rings. The van der Waals surface area contributed by atoms with Gasteiger partial charge in [0.25, 0.3) is 0 Å². The van der Waals surface area contributed by atoms with Gasteiger partial charge in [-0.1, -0.05) is 34.6 Å². The van der Waals surface area contributed by atoms with Crippen LogP contribution in [0.4, 0.5) is 0 Å². The van der Waals surface area contributed by atoms with Gasteiger partial charge in [0, 0.05) is 12.6 Å². The fraction of sp³-hybridized carbons (Fsp3) is 0.875. The van der Waals surface area contributed by atoms with Crippen LogP contribution in [0, 0.1) is 38.9 Å². The summed E-state index contributed by atoms with van der Waals surface area (Å²) < 4.78 is 21.4. The number of nitriles is 1. The van der Waals surface area contributed by atoms with Gasteiger partial charge in [0.15, 0.2) is 6.79 Å². The van der Waals surface area contributed by atoms with Gasteiger partial charge in [-0.3, -0.25) is 9.59 Å². The molecule has 0 heterocycles. The number of hydrogen-bond donors (Lipinski definition) is 1. The molecule has 32 heavy (non-hydrogen) atoms. The van der Waals surface area contributed by atoms with Gasteiger partial charge in [0.1, 0.15) is 13.2 Å². The van der Waals surface area contributed by atoms with Gasteiger partial charge in [-0.2, -0.15) is 5.26 Å². The van der Waals surface area contributed by atoms with E-state index >= 15 is 0 Å². The van der Waals surface area contributed by atoms with Crippen LogP contribution in [0.5, 0.6) is 0 Å². The van der Waals surface area contributed by atoms with E-state index in [9.17, 15) is 9.59 Å². The van der Waals surface area contributed by atoms with E-state index in [1.165, 1.54) is 0 Å². The topological polar surface area (TPSA) is 121 Å². The predicted octanol–water partition coefficient (Wildman–Crippen LogP) is 3.43. The van der Waals surface area contributed by atoms with E-state index in [2.05, 4.69) is 6.92 Å². The first-order chi connectivity index (χ1) is 14.8. The molecule has 0 amide bonds. The number of nitrogens with zero attached hydrogens (tertiary/aromatic N) is 1.